The molecule has 0 aliphatic rings. The van der Waals surface area contributed by atoms with Gasteiger partial charge in [0, 0.05) is 5.41 Å². The van der Waals surface area contributed by atoms with Crippen LogP contribution in [-0.4, -0.2) is 20.6 Å². The quantitative estimate of drug-likeness (QED) is 0.405. The van der Waals surface area contributed by atoms with Gasteiger partial charge in [-0.25, -0.2) is 0 Å². The van der Waals surface area contributed by atoms with E-state index < -0.39 is 0 Å². The first-order valence-corrected chi connectivity index (χ1v) is 9.97. The van der Waals surface area contributed by atoms with Crippen molar-refractivity contribution in [1.82, 2.24) is 20.6 Å². The van der Waals surface area contributed by atoms with Gasteiger partial charge in [-0.15, -0.1) is 10.2 Å². The summed E-state index contributed by atoms with van der Waals surface area (Å²) in [6.45, 7) is 6.76. The molecule has 0 bridgehead atoms. The van der Waals surface area contributed by atoms with Crippen molar-refractivity contribution < 1.29 is 0 Å². The third kappa shape index (κ3) is 8.47. The van der Waals surface area contributed by atoms with Crippen LogP contribution in [0.1, 0.15) is 116 Å². The molecule has 0 amide bonds. The number of nitrogens with one attached hydrogen (secondary N) is 1. The maximum atomic E-state index is 4.19. The second kappa shape index (κ2) is 12.5. The van der Waals surface area contributed by atoms with Crippen molar-refractivity contribution in [3.05, 3.63) is 5.82 Å². The maximum Gasteiger partial charge on any atom is 0.180 e. The Morgan fingerprint density at radius 3 is 1.74 bits per heavy atom. The van der Waals surface area contributed by atoms with Crippen LogP contribution in [0.25, 0.3) is 0 Å². The molecule has 1 rings (SSSR count). The molecule has 0 aromatic carbocycles. The topological polar surface area (TPSA) is 54.5 Å². The Morgan fingerprint density at radius 2 is 1.30 bits per heavy atom. The first-order chi connectivity index (χ1) is 11.2. The average molecular weight is 323 g/mol. The molecule has 1 aromatic heterocycles. The predicted octanol–water partition coefficient (Wildman–Crippen LogP) is 5.96. The fourth-order valence-electron chi connectivity index (χ4n) is 3.22. The maximum absolute atomic E-state index is 4.19. The second-order valence-corrected chi connectivity index (χ2v) is 7.29. The molecule has 1 atom stereocenters. The van der Waals surface area contributed by atoms with Crippen LogP contribution in [0.5, 0.6) is 0 Å². The van der Waals surface area contributed by atoms with Gasteiger partial charge >= 0.3 is 0 Å². The minimum Gasteiger partial charge on any atom is -0.177 e. The zero-order valence-corrected chi connectivity index (χ0v) is 15.7. The van der Waals surface area contributed by atoms with Gasteiger partial charge in [-0.3, -0.25) is 0 Å². The predicted molar refractivity (Wildman–Crippen MR) is 97.5 cm³/mol. The van der Waals surface area contributed by atoms with Crippen LogP contribution in [0.3, 0.4) is 0 Å². The number of nitrogens with zero attached hydrogens (tertiary/aromatic N) is 3. The molecule has 0 saturated heterocycles. The van der Waals surface area contributed by atoms with E-state index in [0.29, 0.717) is 0 Å². The van der Waals surface area contributed by atoms with Gasteiger partial charge in [0.25, 0.3) is 0 Å². The lowest BCUT2D eigenvalue weighted by atomic mass is 9.81. The summed E-state index contributed by atoms with van der Waals surface area (Å²) in [7, 11) is 0. The molecule has 0 fully saturated rings. The average Bonchev–Trinajstić information content (AvgIpc) is 3.11. The summed E-state index contributed by atoms with van der Waals surface area (Å²) in [5, 5.41) is 14.7. The highest BCUT2D eigenvalue weighted by atomic mass is 15.5. The molecule has 23 heavy (non-hydrogen) atoms. The fourth-order valence-corrected chi connectivity index (χ4v) is 3.22. The highest BCUT2D eigenvalue weighted by molar-refractivity contribution is 5.01. The Labute approximate surface area is 143 Å². The van der Waals surface area contributed by atoms with E-state index in [1.54, 1.807) is 0 Å². The highest BCUT2D eigenvalue weighted by Gasteiger charge is 2.28. The molecule has 4 nitrogen and oxygen atoms in total. The molecule has 1 aromatic rings. The van der Waals surface area contributed by atoms with Crippen molar-refractivity contribution >= 4 is 0 Å². The number of unbranched alkanes of at least 4 members (excludes halogenated alkanes) is 11. The van der Waals surface area contributed by atoms with Crippen LogP contribution in [-0.2, 0) is 5.41 Å². The molecule has 0 aliphatic carbocycles. The van der Waals surface area contributed by atoms with E-state index in [2.05, 4.69) is 41.4 Å². The first kappa shape index (κ1) is 20.1. The van der Waals surface area contributed by atoms with Crippen LogP contribution in [0.15, 0.2) is 0 Å². The van der Waals surface area contributed by atoms with Crippen molar-refractivity contribution in [2.24, 2.45) is 0 Å². The van der Waals surface area contributed by atoms with E-state index in [1.807, 2.05) is 0 Å². The van der Waals surface area contributed by atoms with Crippen LogP contribution in [0.4, 0.5) is 0 Å². The molecule has 0 spiro atoms. The monoisotopic (exact) mass is 322 g/mol. The first-order valence-electron chi connectivity index (χ1n) is 9.97. The second-order valence-electron chi connectivity index (χ2n) is 7.29. The van der Waals surface area contributed by atoms with Gasteiger partial charge in [0.2, 0.25) is 0 Å². The zero-order chi connectivity index (χ0) is 16.8. The lowest BCUT2D eigenvalue weighted by Crippen LogP contribution is -2.22. The summed E-state index contributed by atoms with van der Waals surface area (Å²) in [5.74, 6) is 0.878. The molecular weight excluding hydrogens is 284 g/mol. The van der Waals surface area contributed by atoms with E-state index in [1.165, 1.54) is 83.5 Å². The van der Waals surface area contributed by atoms with Gasteiger partial charge in [-0.05, 0) is 12.8 Å². The van der Waals surface area contributed by atoms with E-state index in [0.717, 1.165) is 12.2 Å². The smallest absolute Gasteiger partial charge is 0.177 e. The fraction of sp³-hybridized carbons (Fsp3) is 0.947. The van der Waals surface area contributed by atoms with Crippen molar-refractivity contribution in [3.63, 3.8) is 0 Å². The molecule has 0 radical (unpaired) electrons. The lowest BCUT2D eigenvalue weighted by Gasteiger charge is -2.24. The van der Waals surface area contributed by atoms with E-state index >= 15 is 0 Å². The van der Waals surface area contributed by atoms with Crippen LogP contribution < -0.4 is 0 Å². The Kier molecular flexibility index (Phi) is 10.9. The van der Waals surface area contributed by atoms with Gasteiger partial charge in [0.15, 0.2) is 5.82 Å². The van der Waals surface area contributed by atoms with Crippen molar-refractivity contribution in [1.29, 1.82) is 0 Å². The van der Waals surface area contributed by atoms with Crippen molar-refractivity contribution in [2.45, 2.75) is 116 Å². The Hall–Kier alpha value is -0.930. The molecule has 1 heterocycles. The summed E-state index contributed by atoms with van der Waals surface area (Å²) in [4.78, 5) is 0. The molecule has 4 heteroatoms. The summed E-state index contributed by atoms with van der Waals surface area (Å²) >= 11 is 0. The number of tetrazole rings is 1. The highest BCUT2D eigenvalue weighted by Crippen LogP contribution is 2.30. The van der Waals surface area contributed by atoms with E-state index in [4.69, 9.17) is 0 Å². The Morgan fingerprint density at radius 1 is 0.783 bits per heavy atom. The minimum atomic E-state index is 0.0888. The largest absolute Gasteiger partial charge is 0.180 e. The van der Waals surface area contributed by atoms with E-state index in [9.17, 15) is 0 Å². The molecular formula is C19H38N4. The number of aromatic nitrogens is 4. The van der Waals surface area contributed by atoms with Crippen LogP contribution >= 0.6 is 0 Å². The minimum absolute atomic E-state index is 0.0888. The number of aromatic amines is 1. The molecule has 1 unspecified atom stereocenters. The van der Waals surface area contributed by atoms with Gasteiger partial charge < -0.3 is 0 Å². The summed E-state index contributed by atoms with van der Waals surface area (Å²) in [6, 6.07) is 0. The van der Waals surface area contributed by atoms with Crippen molar-refractivity contribution in [3.8, 4) is 0 Å². The molecule has 1 N–H and O–H groups in total. The SMILES string of the molecule is CCCCCCCCCCCCCCC(C)(CC)c1nn[nH]n1. The molecule has 0 aliphatic heterocycles. The van der Waals surface area contributed by atoms with Crippen molar-refractivity contribution in [2.75, 3.05) is 0 Å². The third-order valence-corrected chi connectivity index (χ3v) is 5.25. The third-order valence-electron chi connectivity index (χ3n) is 5.25. The summed E-state index contributed by atoms with van der Waals surface area (Å²) in [6.07, 6.45) is 19.0. The van der Waals surface area contributed by atoms with Crippen LogP contribution in [0.2, 0.25) is 0 Å². The summed E-state index contributed by atoms with van der Waals surface area (Å²) in [5.41, 5.74) is 0.0888. The van der Waals surface area contributed by atoms with E-state index in [-0.39, 0.29) is 5.41 Å². The van der Waals surface area contributed by atoms with Gasteiger partial charge in [0.1, 0.15) is 0 Å². The Bertz CT molecular complexity index is 363. The molecule has 134 valence electrons. The number of H-pyrrole nitrogens is 1. The number of rotatable bonds is 15. The number of hydrogen-bond acceptors (Lipinski definition) is 3. The summed E-state index contributed by atoms with van der Waals surface area (Å²) < 4.78 is 0. The van der Waals surface area contributed by atoms with Gasteiger partial charge in [0.05, 0.1) is 0 Å². The van der Waals surface area contributed by atoms with Crippen LogP contribution in [0, 0.1) is 0 Å². The zero-order valence-electron chi connectivity index (χ0n) is 15.7. The van der Waals surface area contributed by atoms with Gasteiger partial charge in [-0.2, -0.15) is 5.21 Å². The normalized spacial score (nSPS) is 14.0. The standard InChI is InChI=1S/C19H38N4/c1-4-6-7-8-9-10-11-12-13-14-15-16-17-19(3,5-2)18-20-22-23-21-18/h4-17H2,1-3H3,(H,20,21,22,23). The van der Waals surface area contributed by atoms with Gasteiger partial charge in [-0.1, -0.05) is 103 Å². The number of hydrogen-bond donors (Lipinski definition) is 1. The lowest BCUT2D eigenvalue weighted by molar-refractivity contribution is 0.373. The molecule has 0 saturated carbocycles. The Balaban J connectivity index is 1.95.